The summed E-state index contributed by atoms with van der Waals surface area (Å²) in [5, 5.41) is 11.1. The van der Waals surface area contributed by atoms with Gasteiger partial charge in [-0.25, -0.2) is 9.97 Å². The van der Waals surface area contributed by atoms with E-state index in [9.17, 15) is 0 Å². The average Bonchev–Trinajstić information content (AvgIpc) is 3.32. The lowest BCUT2D eigenvalue weighted by atomic mass is 9.87. The molecule has 1 fully saturated rings. The molecule has 0 bridgehead atoms. The molecule has 0 radical (unpaired) electrons. The zero-order valence-electron chi connectivity index (χ0n) is 22.3. The fraction of sp³-hybridized carbons (Fsp3) is 0.448. The average molecular weight is 473 g/mol. The van der Waals surface area contributed by atoms with Gasteiger partial charge < -0.3 is 5.32 Å². The molecule has 0 spiro atoms. The van der Waals surface area contributed by atoms with Gasteiger partial charge in [-0.1, -0.05) is 45.0 Å². The van der Waals surface area contributed by atoms with Crippen LogP contribution in [0, 0.1) is 19.8 Å². The fourth-order valence-corrected chi connectivity index (χ4v) is 4.55. The van der Waals surface area contributed by atoms with Gasteiger partial charge in [-0.3, -0.25) is 10.1 Å². The summed E-state index contributed by atoms with van der Waals surface area (Å²) in [5.41, 5.74) is 6.34. The lowest BCUT2D eigenvalue weighted by Gasteiger charge is -2.28. The van der Waals surface area contributed by atoms with E-state index in [-0.39, 0.29) is 0 Å². The number of nitrogens with zero attached hydrogens (tertiary/aromatic N) is 4. The number of benzene rings is 1. The Morgan fingerprint density at radius 2 is 1.83 bits per heavy atom. The lowest BCUT2D eigenvalue weighted by molar-refractivity contribution is 0.361. The number of aromatic amines is 1. The standard InChI is InChI=1S/C27H34N6.C2H6/c1-6-20(16-28-5)21-8-7-9-22(15-21)25-18(3)14-24(27-29-19(4)32-33-27)26(31-25)30-23-12-10-17(2)11-13-23;1-2/h6-9,14-17,23H,10-13H2,1-5H3,(H,30,31)(H,29,32,33);1-2H3/b20-6+,28-16?;. The van der Waals surface area contributed by atoms with Crippen LogP contribution in [0.4, 0.5) is 5.82 Å². The zero-order chi connectivity index (χ0) is 25.4. The molecule has 0 atom stereocenters. The number of allylic oxidation sites excluding steroid dienone is 2. The Hall–Kier alpha value is -3.28. The van der Waals surface area contributed by atoms with Crippen molar-refractivity contribution in [2.24, 2.45) is 10.9 Å². The van der Waals surface area contributed by atoms with Gasteiger partial charge in [0.2, 0.25) is 0 Å². The highest BCUT2D eigenvalue weighted by Gasteiger charge is 2.22. The smallest absolute Gasteiger partial charge is 0.184 e. The van der Waals surface area contributed by atoms with Crippen molar-refractivity contribution in [3.05, 3.63) is 53.4 Å². The number of aryl methyl sites for hydroxylation is 2. The molecule has 6 heteroatoms. The van der Waals surface area contributed by atoms with E-state index in [2.05, 4.69) is 75.7 Å². The monoisotopic (exact) mass is 472 g/mol. The van der Waals surface area contributed by atoms with E-state index in [0.717, 1.165) is 63.9 Å². The summed E-state index contributed by atoms with van der Waals surface area (Å²) in [6.07, 6.45) is 8.80. The molecule has 6 nitrogen and oxygen atoms in total. The number of hydrogen-bond donors (Lipinski definition) is 2. The third-order valence-electron chi connectivity index (χ3n) is 6.46. The van der Waals surface area contributed by atoms with E-state index in [0.29, 0.717) is 11.9 Å². The van der Waals surface area contributed by atoms with Crippen molar-refractivity contribution in [1.82, 2.24) is 20.2 Å². The van der Waals surface area contributed by atoms with Crippen LogP contribution < -0.4 is 5.32 Å². The minimum absolute atomic E-state index is 0.421. The molecular weight excluding hydrogens is 432 g/mol. The minimum Gasteiger partial charge on any atom is -0.367 e. The van der Waals surface area contributed by atoms with Crippen LogP contribution in [0.25, 0.3) is 28.2 Å². The molecule has 35 heavy (non-hydrogen) atoms. The number of rotatable bonds is 6. The van der Waals surface area contributed by atoms with Crippen molar-refractivity contribution < 1.29 is 0 Å². The third kappa shape index (κ3) is 6.44. The van der Waals surface area contributed by atoms with Gasteiger partial charge in [0.05, 0.1) is 11.3 Å². The summed E-state index contributed by atoms with van der Waals surface area (Å²) >= 11 is 0. The first-order valence-corrected chi connectivity index (χ1v) is 12.8. The number of nitrogens with one attached hydrogen (secondary N) is 2. The molecule has 1 aromatic carbocycles. The largest absolute Gasteiger partial charge is 0.367 e. The number of pyridine rings is 1. The van der Waals surface area contributed by atoms with Gasteiger partial charge in [-0.2, -0.15) is 5.10 Å². The summed E-state index contributed by atoms with van der Waals surface area (Å²) in [6, 6.07) is 11.1. The van der Waals surface area contributed by atoms with Crippen molar-refractivity contribution >= 4 is 17.6 Å². The fourth-order valence-electron chi connectivity index (χ4n) is 4.55. The van der Waals surface area contributed by atoms with Crippen molar-refractivity contribution in [2.45, 2.75) is 73.3 Å². The van der Waals surface area contributed by atoms with E-state index in [1.165, 1.54) is 12.8 Å². The quantitative estimate of drug-likeness (QED) is 0.370. The normalized spacial score (nSPS) is 18.3. The summed E-state index contributed by atoms with van der Waals surface area (Å²) < 4.78 is 0. The second-order valence-corrected chi connectivity index (χ2v) is 9.11. The predicted molar refractivity (Wildman–Crippen MR) is 149 cm³/mol. The van der Waals surface area contributed by atoms with E-state index in [4.69, 9.17) is 4.98 Å². The molecule has 3 aromatic rings. The summed E-state index contributed by atoms with van der Waals surface area (Å²) in [7, 11) is 1.80. The molecule has 0 saturated heterocycles. The first-order valence-electron chi connectivity index (χ1n) is 12.8. The van der Waals surface area contributed by atoms with Crippen LogP contribution in [0.5, 0.6) is 0 Å². The number of anilines is 1. The minimum atomic E-state index is 0.421. The lowest BCUT2D eigenvalue weighted by Crippen LogP contribution is -2.26. The Labute approximate surface area is 210 Å². The zero-order valence-corrected chi connectivity index (χ0v) is 22.3. The Bertz CT molecular complexity index is 1170. The van der Waals surface area contributed by atoms with Gasteiger partial charge in [0.15, 0.2) is 5.82 Å². The molecule has 186 valence electrons. The van der Waals surface area contributed by atoms with E-state index >= 15 is 0 Å². The van der Waals surface area contributed by atoms with Gasteiger partial charge in [0.1, 0.15) is 11.6 Å². The molecule has 4 rings (SSSR count). The van der Waals surface area contributed by atoms with Gasteiger partial charge in [-0.15, -0.1) is 0 Å². The molecule has 2 heterocycles. The van der Waals surface area contributed by atoms with Crippen LogP contribution in [0.15, 0.2) is 41.4 Å². The number of aliphatic imine (C=N–C) groups is 1. The Morgan fingerprint density at radius 1 is 1.09 bits per heavy atom. The van der Waals surface area contributed by atoms with Gasteiger partial charge in [-0.05, 0) is 81.2 Å². The molecular formula is C29H40N6. The molecule has 0 aliphatic heterocycles. The van der Waals surface area contributed by atoms with E-state index in [1.807, 2.05) is 33.9 Å². The van der Waals surface area contributed by atoms with Crippen LogP contribution in [-0.4, -0.2) is 39.5 Å². The molecule has 1 aliphatic carbocycles. The highest BCUT2D eigenvalue weighted by molar-refractivity contribution is 6.09. The first kappa shape index (κ1) is 26.3. The number of hydrogen-bond acceptors (Lipinski definition) is 5. The highest BCUT2D eigenvalue weighted by Crippen LogP contribution is 2.34. The van der Waals surface area contributed by atoms with E-state index in [1.54, 1.807) is 7.05 Å². The summed E-state index contributed by atoms with van der Waals surface area (Å²) in [4.78, 5) is 13.9. The van der Waals surface area contributed by atoms with Gasteiger partial charge >= 0.3 is 0 Å². The molecule has 1 aliphatic rings. The van der Waals surface area contributed by atoms with Gasteiger partial charge in [0.25, 0.3) is 0 Å². The van der Waals surface area contributed by atoms with Crippen LogP contribution >= 0.6 is 0 Å². The second-order valence-electron chi connectivity index (χ2n) is 9.11. The SMILES string of the molecule is C/C=C(\C=NC)c1cccc(-c2nc(NC3CCC(C)CC3)c(-c3n[nH]c(C)n3)cc2C)c1.CC. The van der Waals surface area contributed by atoms with Crippen LogP contribution in [0.3, 0.4) is 0 Å². The van der Waals surface area contributed by atoms with Crippen LogP contribution in [-0.2, 0) is 0 Å². The Kier molecular flexibility index (Phi) is 9.35. The van der Waals surface area contributed by atoms with Crippen molar-refractivity contribution in [3.8, 4) is 22.6 Å². The van der Waals surface area contributed by atoms with Crippen LogP contribution in [0.1, 0.15) is 70.3 Å². The van der Waals surface area contributed by atoms with Gasteiger partial charge in [0, 0.05) is 24.9 Å². The van der Waals surface area contributed by atoms with Crippen molar-refractivity contribution in [1.29, 1.82) is 0 Å². The molecule has 2 N–H and O–H groups in total. The second kappa shape index (κ2) is 12.4. The predicted octanol–water partition coefficient (Wildman–Crippen LogP) is 7.27. The third-order valence-corrected chi connectivity index (χ3v) is 6.46. The molecule has 0 amide bonds. The van der Waals surface area contributed by atoms with Crippen molar-refractivity contribution in [3.63, 3.8) is 0 Å². The summed E-state index contributed by atoms with van der Waals surface area (Å²) in [5.74, 6) is 3.15. The number of aromatic nitrogens is 4. The molecule has 2 aromatic heterocycles. The highest BCUT2D eigenvalue weighted by atomic mass is 15.2. The maximum Gasteiger partial charge on any atom is 0.184 e. The molecule has 0 unspecified atom stereocenters. The maximum atomic E-state index is 5.16. The van der Waals surface area contributed by atoms with Crippen molar-refractivity contribution in [2.75, 3.05) is 12.4 Å². The maximum absolute atomic E-state index is 5.16. The Balaban J connectivity index is 0.00000167. The number of H-pyrrole nitrogens is 1. The summed E-state index contributed by atoms with van der Waals surface area (Å²) in [6.45, 7) is 12.4. The van der Waals surface area contributed by atoms with Crippen LogP contribution in [0.2, 0.25) is 0 Å². The molecule has 1 saturated carbocycles. The first-order chi connectivity index (χ1) is 17.0. The topological polar surface area (TPSA) is 78.9 Å². The Morgan fingerprint density at radius 3 is 2.46 bits per heavy atom. The van der Waals surface area contributed by atoms with E-state index < -0.39 is 0 Å².